The molecule has 0 radical (unpaired) electrons. The van der Waals surface area contributed by atoms with Crippen molar-refractivity contribution in [2.24, 2.45) is 5.92 Å². The molecule has 0 saturated carbocycles. The average molecular weight is 216 g/mol. The van der Waals surface area contributed by atoms with Gasteiger partial charge in [-0.2, -0.15) is 0 Å². The van der Waals surface area contributed by atoms with Crippen LogP contribution in [0.1, 0.15) is 26.7 Å². The first-order chi connectivity index (χ1) is 6.01. The lowest BCUT2D eigenvalue weighted by Gasteiger charge is -2.19. The summed E-state index contributed by atoms with van der Waals surface area (Å²) in [4.78, 5) is 10.4. The number of aliphatic carboxylic acids is 1. The number of halogens is 4. The highest BCUT2D eigenvalue weighted by Gasteiger charge is 2.37. The van der Waals surface area contributed by atoms with Crippen LogP contribution in [-0.2, 0) is 4.79 Å². The third-order valence-electron chi connectivity index (χ3n) is 1.56. The number of carboxylic acid groups (broad SMARTS) is 1. The molecule has 14 heavy (non-hydrogen) atoms. The third kappa shape index (κ3) is 6.68. The molecule has 0 amide bonds. The molecule has 1 N–H and O–H groups in total. The van der Waals surface area contributed by atoms with Gasteiger partial charge < -0.3 is 5.11 Å². The third-order valence-corrected chi connectivity index (χ3v) is 1.56. The number of hydrogen-bond donors (Lipinski definition) is 1. The normalized spacial score (nSPS) is 13.4. The SMILES string of the molecule is CC(F)(F)CC(CC(C)(F)F)C(=O)O. The number of alkyl halides is 4. The maximum atomic E-state index is 12.4. The highest BCUT2D eigenvalue weighted by molar-refractivity contribution is 5.70. The van der Waals surface area contributed by atoms with Gasteiger partial charge in [0, 0.05) is 12.8 Å². The lowest BCUT2D eigenvalue weighted by atomic mass is 9.95. The van der Waals surface area contributed by atoms with Crippen LogP contribution in [-0.4, -0.2) is 22.9 Å². The zero-order valence-electron chi connectivity index (χ0n) is 7.86. The van der Waals surface area contributed by atoms with E-state index in [1.54, 1.807) is 0 Å². The Morgan fingerprint density at radius 1 is 1.14 bits per heavy atom. The summed E-state index contributed by atoms with van der Waals surface area (Å²) in [6.45, 7) is 1.02. The molecule has 0 aromatic rings. The first-order valence-corrected chi connectivity index (χ1v) is 4.00. The fourth-order valence-electron chi connectivity index (χ4n) is 1.11. The first-order valence-electron chi connectivity index (χ1n) is 4.00. The molecule has 6 heteroatoms. The van der Waals surface area contributed by atoms with Gasteiger partial charge in [-0.3, -0.25) is 4.79 Å². The van der Waals surface area contributed by atoms with Crippen molar-refractivity contribution < 1.29 is 27.5 Å². The van der Waals surface area contributed by atoms with Crippen LogP contribution >= 0.6 is 0 Å². The monoisotopic (exact) mass is 216 g/mol. The molecule has 0 spiro atoms. The minimum atomic E-state index is -3.24. The van der Waals surface area contributed by atoms with Crippen LogP contribution in [0, 0.1) is 5.92 Å². The predicted octanol–water partition coefficient (Wildman–Crippen LogP) is 2.78. The van der Waals surface area contributed by atoms with Gasteiger partial charge in [0.05, 0.1) is 5.92 Å². The summed E-state index contributed by atoms with van der Waals surface area (Å²) in [5, 5.41) is 8.43. The van der Waals surface area contributed by atoms with E-state index in [1.165, 1.54) is 0 Å². The van der Waals surface area contributed by atoms with Crippen molar-refractivity contribution in [3.63, 3.8) is 0 Å². The van der Waals surface area contributed by atoms with Gasteiger partial charge in [0.2, 0.25) is 11.8 Å². The molecule has 0 unspecified atom stereocenters. The van der Waals surface area contributed by atoms with Crippen molar-refractivity contribution in [1.82, 2.24) is 0 Å². The molecule has 0 aliphatic rings. The average Bonchev–Trinajstić information content (AvgIpc) is 1.78. The Bertz CT molecular complexity index is 188. The molecule has 0 bridgehead atoms. The lowest BCUT2D eigenvalue weighted by Crippen LogP contribution is -2.28. The van der Waals surface area contributed by atoms with Crippen molar-refractivity contribution in [2.45, 2.75) is 38.5 Å². The summed E-state index contributed by atoms with van der Waals surface area (Å²) < 4.78 is 49.6. The smallest absolute Gasteiger partial charge is 0.306 e. The minimum absolute atomic E-state index is 0.511. The topological polar surface area (TPSA) is 37.3 Å². The van der Waals surface area contributed by atoms with Gasteiger partial charge in [0.1, 0.15) is 0 Å². The number of hydrogen-bond acceptors (Lipinski definition) is 1. The summed E-state index contributed by atoms with van der Waals surface area (Å²) in [6, 6.07) is 0. The summed E-state index contributed by atoms with van der Waals surface area (Å²) >= 11 is 0. The van der Waals surface area contributed by atoms with Gasteiger partial charge in [0.15, 0.2) is 0 Å². The minimum Gasteiger partial charge on any atom is -0.481 e. The molecule has 0 heterocycles. The van der Waals surface area contributed by atoms with E-state index < -0.39 is 36.6 Å². The van der Waals surface area contributed by atoms with E-state index in [1.807, 2.05) is 0 Å². The zero-order chi connectivity index (χ0) is 11.6. The molecular formula is C8H12F4O2. The van der Waals surface area contributed by atoms with Gasteiger partial charge in [0.25, 0.3) is 0 Å². The van der Waals surface area contributed by atoms with Crippen LogP contribution in [0.3, 0.4) is 0 Å². The Hall–Kier alpha value is -0.810. The molecule has 0 fully saturated rings. The van der Waals surface area contributed by atoms with Crippen LogP contribution in [0.25, 0.3) is 0 Å². The van der Waals surface area contributed by atoms with E-state index in [2.05, 4.69) is 0 Å². The second-order valence-corrected chi connectivity index (χ2v) is 3.58. The van der Waals surface area contributed by atoms with Crippen molar-refractivity contribution in [3.05, 3.63) is 0 Å². The maximum absolute atomic E-state index is 12.4. The highest BCUT2D eigenvalue weighted by atomic mass is 19.3. The second kappa shape index (κ2) is 4.14. The molecule has 0 rings (SSSR count). The molecule has 0 saturated heterocycles. The van der Waals surface area contributed by atoms with Crippen LogP contribution in [0.4, 0.5) is 17.6 Å². The fraction of sp³-hybridized carbons (Fsp3) is 0.875. The quantitative estimate of drug-likeness (QED) is 0.717. The predicted molar refractivity (Wildman–Crippen MR) is 41.6 cm³/mol. The number of rotatable bonds is 5. The van der Waals surface area contributed by atoms with E-state index in [0.29, 0.717) is 13.8 Å². The summed E-state index contributed by atoms with van der Waals surface area (Å²) in [5.74, 6) is -9.81. The molecule has 0 atom stereocenters. The standard InChI is InChI=1S/C8H12F4O2/c1-7(9,10)3-5(6(13)14)4-8(2,11)12/h5H,3-4H2,1-2H3,(H,13,14). The Balaban J connectivity index is 4.40. The maximum Gasteiger partial charge on any atom is 0.306 e. The lowest BCUT2D eigenvalue weighted by molar-refractivity contribution is -0.149. The second-order valence-electron chi connectivity index (χ2n) is 3.58. The van der Waals surface area contributed by atoms with Crippen molar-refractivity contribution in [2.75, 3.05) is 0 Å². The van der Waals surface area contributed by atoms with E-state index in [9.17, 15) is 22.4 Å². The summed E-state index contributed by atoms with van der Waals surface area (Å²) in [6.07, 6.45) is -2.13. The molecule has 84 valence electrons. The molecule has 0 aromatic heterocycles. The summed E-state index contributed by atoms with van der Waals surface area (Å²) in [5.41, 5.74) is 0. The van der Waals surface area contributed by atoms with Crippen LogP contribution in [0.15, 0.2) is 0 Å². The van der Waals surface area contributed by atoms with E-state index >= 15 is 0 Å². The van der Waals surface area contributed by atoms with Crippen LogP contribution in [0.2, 0.25) is 0 Å². The van der Waals surface area contributed by atoms with Crippen LogP contribution < -0.4 is 0 Å². The highest BCUT2D eigenvalue weighted by Crippen LogP contribution is 2.30. The van der Waals surface area contributed by atoms with E-state index in [-0.39, 0.29) is 0 Å². The number of carboxylic acids is 1. The Labute approximate surface area is 78.9 Å². The Kier molecular flexibility index (Phi) is 3.91. The van der Waals surface area contributed by atoms with Gasteiger partial charge in [-0.15, -0.1) is 0 Å². The Morgan fingerprint density at radius 2 is 1.43 bits per heavy atom. The van der Waals surface area contributed by atoms with Gasteiger partial charge >= 0.3 is 5.97 Å². The van der Waals surface area contributed by atoms with Crippen molar-refractivity contribution in [1.29, 1.82) is 0 Å². The molecule has 0 aromatic carbocycles. The van der Waals surface area contributed by atoms with Gasteiger partial charge in [-0.1, -0.05) is 0 Å². The van der Waals surface area contributed by atoms with Crippen molar-refractivity contribution in [3.8, 4) is 0 Å². The molecule has 2 nitrogen and oxygen atoms in total. The number of carbonyl (C=O) groups is 1. The molecular weight excluding hydrogens is 204 g/mol. The molecule has 0 aliphatic carbocycles. The van der Waals surface area contributed by atoms with Crippen molar-refractivity contribution >= 4 is 5.97 Å². The van der Waals surface area contributed by atoms with Crippen LogP contribution in [0.5, 0.6) is 0 Å². The first kappa shape index (κ1) is 13.2. The fourth-order valence-corrected chi connectivity index (χ4v) is 1.11. The van der Waals surface area contributed by atoms with Gasteiger partial charge in [-0.05, 0) is 13.8 Å². The molecule has 0 aliphatic heterocycles. The Morgan fingerprint density at radius 3 is 1.57 bits per heavy atom. The van der Waals surface area contributed by atoms with Gasteiger partial charge in [-0.25, -0.2) is 17.6 Å². The van der Waals surface area contributed by atoms with E-state index in [0.717, 1.165) is 0 Å². The largest absolute Gasteiger partial charge is 0.481 e. The summed E-state index contributed by atoms with van der Waals surface area (Å²) in [7, 11) is 0. The zero-order valence-corrected chi connectivity index (χ0v) is 7.86. The van der Waals surface area contributed by atoms with E-state index in [4.69, 9.17) is 5.11 Å².